The maximum atomic E-state index is 13.4. The molecule has 164 valence electrons. The Morgan fingerprint density at radius 1 is 1.07 bits per heavy atom. The van der Waals surface area contributed by atoms with Crippen LogP contribution in [0.15, 0.2) is 24.3 Å². The van der Waals surface area contributed by atoms with Crippen molar-refractivity contribution >= 4 is 11.8 Å². The van der Waals surface area contributed by atoms with Gasteiger partial charge in [-0.2, -0.15) is 0 Å². The van der Waals surface area contributed by atoms with Crippen LogP contribution in [0.4, 0.5) is 4.39 Å². The lowest BCUT2D eigenvalue weighted by Gasteiger charge is -2.41. The van der Waals surface area contributed by atoms with Crippen molar-refractivity contribution in [3.63, 3.8) is 0 Å². The third-order valence-electron chi connectivity index (χ3n) is 6.77. The number of amides is 2. The lowest BCUT2D eigenvalue weighted by Crippen LogP contribution is -2.50. The molecule has 0 spiro atoms. The van der Waals surface area contributed by atoms with E-state index in [9.17, 15) is 14.0 Å². The van der Waals surface area contributed by atoms with Gasteiger partial charge in [0.15, 0.2) is 0 Å². The van der Waals surface area contributed by atoms with Gasteiger partial charge in [-0.3, -0.25) is 9.59 Å². The van der Waals surface area contributed by atoms with Gasteiger partial charge in [0.25, 0.3) is 5.91 Å². The molecule has 3 fully saturated rings. The Balaban J connectivity index is 1.19. The smallest absolute Gasteiger partial charge is 0.253 e. The highest BCUT2D eigenvalue weighted by molar-refractivity contribution is 5.94. The van der Waals surface area contributed by atoms with Crippen molar-refractivity contribution in [3.8, 4) is 0 Å². The van der Waals surface area contributed by atoms with Gasteiger partial charge < -0.3 is 19.9 Å². The number of rotatable bonds is 5. The van der Waals surface area contributed by atoms with Crippen LogP contribution in [0.25, 0.3) is 0 Å². The van der Waals surface area contributed by atoms with E-state index in [1.165, 1.54) is 12.1 Å². The Bertz CT molecular complexity index is 737. The SMILES string of the molecule is O=C(NCC1CCCO1)C1CCN(C2CCN(C(=O)c3cccc(F)c3)CC2)CC1. The number of benzene rings is 1. The van der Waals surface area contributed by atoms with Gasteiger partial charge in [0, 0.05) is 43.8 Å². The number of hydrogen-bond acceptors (Lipinski definition) is 4. The predicted octanol–water partition coefficient (Wildman–Crippen LogP) is 2.44. The molecule has 1 aromatic rings. The van der Waals surface area contributed by atoms with Gasteiger partial charge in [-0.05, 0) is 69.8 Å². The van der Waals surface area contributed by atoms with Crippen molar-refractivity contribution in [1.29, 1.82) is 0 Å². The molecule has 3 heterocycles. The molecule has 0 aromatic heterocycles. The zero-order valence-corrected chi connectivity index (χ0v) is 17.5. The Morgan fingerprint density at radius 3 is 2.50 bits per heavy atom. The first-order valence-electron chi connectivity index (χ1n) is 11.3. The molecule has 30 heavy (non-hydrogen) atoms. The Hall–Kier alpha value is -1.99. The van der Waals surface area contributed by atoms with Crippen LogP contribution in [0.3, 0.4) is 0 Å². The highest BCUT2D eigenvalue weighted by atomic mass is 19.1. The summed E-state index contributed by atoms with van der Waals surface area (Å²) >= 11 is 0. The van der Waals surface area contributed by atoms with E-state index in [2.05, 4.69) is 10.2 Å². The topological polar surface area (TPSA) is 61.9 Å². The maximum Gasteiger partial charge on any atom is 0.253 e. The lowest BCUT2D eigenvalue weighted by molar-refractivity contribution is -0.127. The summed E-state index contributed by atoms with van der Waals surface area (Å²) in [7, 11) is 0. The van der Waals surface area contributed by atoms with Gasteiger partial charge in [-0.25, -0.2) is 4.39 Å². The van der Waals surface area contributed by atoms with E-state index in [1.807, 2.05) is 4.90 Å². The van der Waals surface area contributed by atoms with E-state index >= 15 is 0 Å². The molecule has 1 N–H and O–H groups in total. The number of carbonyl (C=O) groups excluding carboxylic acids is 2. The average Bonchev–Trinajstić information content (AvgIpc) is 3.31. The minimum absolute atomic E-state index is 0.0884. The molecule has 0 aliphatic carbocycles. The van der Waals surface area contributed by atoms with E-state index in [4.69, 9.17) is 4.74 Å². The van der Waals surface area contributed by atoms with Gasteiger partial charge in [-0.1, -0.05) is 6.07 Å². The van der Waals surface area contributed by atoms with Crippen molar-refractivity contribution in [1.82, 2.24) is 15.1 Å². The van der Waals surface area contributed by atoms with Gasteiger partial charge in [0.1, 0.15) is 5.82 Å². The number of likely N-dealkylation sites (tertiary alicyclic amines) is 2. The van der Waals surface area contributed by atoms with Crippen LogP contribution < -0.4 is 5.32 Å². The van der Waals surface area contributed by atoms with Gasteiger partial charge in [0.05, 0.1) is 6.10 Å². The quantitative estimate of drug-likeness (QED) is 0.800. The Kier molecular flexibility index (Phi) is 7.00. The zero-order valence-electron chi connectivity index (χ0n) is 17.5. The van der Waals surface area contributed by atoms with Crippen molar-refractivity contribution in [2.45, 2.75) is 50.7 Å². The molecule has 3 aliphatic rings. The lowest BCUT2D eigenvalue weighted by atomic mass is 9.92. The summed E-state index contributed by atoms with van der Waals surface area (Å²) in [6.07, 6.45) is 5.95. The van der Waals surface area contributed by atoms with Crippen molar-refractivity contribution in [3.05, 3.63) is 35.6 Å². The highest BCUT2D eigenvalue weighted by Gasteiger charge is 2.32. The summed E-state index contributed by atoms with van der Waals surface area (Å²) in [5.41, 5.74) is 0.420. The number of hydrogen-bond donors (Lipinski definition) is 1. The highest BCUT2D eigenvalue weighted by Crippen LogP contribution is 2.25. The largest absolute Gasteiger partial charge is 0.376 e. The van der Waals surface area contributed by atoms with Crippen LogP contribution in [-0.2, 0) is 9.53 Å². The van der Waals surface area contributed by atoms with Crippen LogP contribution in [-0.4, -0.2) is 73.1 Å². The molecule has 4 rings (SSSR count). The Labute approximate surface area is 177 Å². The summed E-state index contributed by atoms with van der Waals surface area (Å²) in [5.74, 6) is -0.203. The molecule has 0 bridgehead atoms. The zero-order chi connectivity index (χ0) is 20.9. The fourth-order valence-corrected chi connectivity index (χ4v) is 4.93. The third-order valence-corrected chi connectivity index (χ3v) is 6.77. The summed E-state index contributed by atoms with van der Waals surface area (Å²) in [6, 6.07) is 6.37. The third kappa shape index (κ3) is 5.19. The standard InChI is InChI=1S/C23H32FN3O3/c24-19-4-1-3-18(15-19)23(29)27-12-8-20(9-13-27)26-10-6-17(7-11-26)22(28)25-16-21-5-2-14-30-21/h1,3-4,15,17,20-21H,2,5-14,16H2,(H,25,28). The molecule has 3 saturated heterocycles. The number of nitrogens with one attached hydrogen (secondary N) is 1. The van der Waals surface area contributed by atoms with Crippen molar-refractivity contribution in [2.75, 3.05) is 39.3 Å². The van der Waals surface area contributed by atoms with E-state index in [0.29, 0.717) is 31.2 Å². The second-order valence-corrected chi connectivity index (χ2v) is 8.72. The van der Waals surface area contributed by atoms with Gasteiger partial charge >= 0.3 is 0 Å². The number of halogens is 1. The molecule has 2 amide bonds. The Morgan fingerprint density at radius 2 is 1.83 bits per heavy atom. The van der Waals surface area contributed by atoms with E-state index < -0.39 is 0 Å². The van der Waals surface area contributed by atoms with Crippen LogP contribution in [0, 0.1) is 11.7 Å². The second kappa shape index (κ2) is 9.88. The summed E-state index contributed by atoms with van der Waals surface area (Å²) in [4.78, 5) is 29.4. The maximum absolute atomic E-state index is 13.4. The molecule has 0 radical (unpaired) electrons. The summed E-state index contributed by atoms with van der Waals surface area (Å²) < 4.78 is 19.0. The van der Waals surface area contributed by atoms with Crippen LogP contribution in [0.2, 0.25) is 0 Å². The average molecular weight is 418 g/mol. The van der Waals surface area contributed by atoms with E-state index in [1.54, 1.807) is 12.1 Å². The normalized spacial score (nSPS) is 24.2. The molecular formula is C23H32FN3O3. The molecule has 1 unspecified atom stereocenters. The first kappa shape index (κ1) is 21.2. The fourth-order valence-electron chi connectivity index (χ4n) is 4.93. The molecule has 1 atom stereocenters. The van der Waals surface area contributed by atoms with E-state index in [0.717, 1.165) is 58.2 Å². The monoisotopic (exact) mass is 417 g/mol. The first-order chi connectivity index (χ1) is 14.6. The van der Waals surface area contributed by atoms with E-state index in [-0.39, 0.29) is 29.7 Å². The van der Waals surface area contributed by atoms with Crippen LogP contribution >= 0.6 is 0 Å². The van der Waals surface area contributed by atoms with Crippen molar-refractivity contribution in [2.24, 2.45) is 5.92 Å². The molecular weight excluding hydrogens is 385 g/mol. The van der Waals surface area contributed by atoms with Gasteiger partial charge in [-0.15, -0.1) is 0 Å². The van der Waals surface area contributed by atoms with Gasteiger partial charge in [0.2, 0.25) is 5.91 Å². The van der Waals surface area contributed by atoms with Crippen LogP contribution in [0.5, 0.6) is 0 Å². The molecule has 3 aliphatic heterocycles. The fraction of sp³-hybridized carbons (Fsp3) is 0.652. The molecule has 0 saturated carbocycles. The number of piperidine rings is 2. The molecule has 1 aromatic carbocycles. The number of carbonyl (C=O) groups is 2. The van der Waals surface area contributed by atoms with Crippen molar-refractivity contribution < 1.29 is 18.7 Å². The van der Waals surface area contributed by atoms with Crippen LogP contribution in [0.1, 0.15) is 48.9 Å². The summed E-state index contributed by atoms with van der Waals surface area (Å²) in [6.45, 7) is 4.70. The first-order valence-corrected chi connectivity index (χ1v) is 11.3. The second-order valence-electron chi connectivity index (χ2n) is 8.72. The summed E-state index contributed by atoms with van der Waals surface area (Å²) in [5, 5.41) is 3.07. The molecule has 6 nitrogen and oxygen atoms in total. The predicted molar refractivity (Wildman–Crippen MR) is 112 cm³/mol. The molecule has 7 heteroatoms. The minimum Gasteiger partial charge on any atom is -0.376 e. The minimum atomic E-state index is -0.376. The number of nitrogens with zero attached hydrogens (tertiary/aromatic N) is 2. The number of ether oxygens (including phenoxy) is 1.